The van der Waals surface area contributed by atoms with E-state index in [1.165, 1.54) is 5.56 Å². The van der Waals surface area contributed by atoms with Crippen molar-refractivity contribution in [1.82, 2.24) is 14.4 Å². The Morgan fingerprint density at radius 2 is 1.84 bits per heavy atom. The Labute approximate surface area is 162 Å². The summed E-state index contributed by atoms with van der Waals surface area (Å²) in [5.41, 5.74) is 5.16. The monoisotopic (exact) mass is 458 g/mol. The van der Waals surface area contributed by atoms with Crippen LogP contribution in [0, 0.1) is 0 Å². The average Bonchev–Trinajstić information content (AvgIpc) is 3.08. The molecule has 126 valence electrons. The van der Waals surface area contributed by atoms with Gasteiger partial charge in [-0.1, -0.05) is 25.5 Å². The number of halogens is 2. The Bertz CT molecular complexity index is 1050. The van der Waals surface area contributed by atoms with Gasteiger partial charge in [-0.25, -0.2) is 9.97 Å². The van der Waals surface area contributed by atoms with E-state index in [2.05, 4.69) is 65.6 Å². The Morgan fingerprint density at radius 1 is 1.08 bits per heavy atom. The number of imidazole rings is 1. The maximum absolute atomic E-state index is 4.80. The van der Waals surface area contributed by atoms with Gasteiger partial charge in [0.2, 0.25) is 0 Å². The van der Waals surface area contributed by atoms with Crippen molar-refractivity contribution in [1.29, 1.82) is 0 Å². The normalized spacial score (nSPS) is 11.3. The van der Waals surface area contributed by atoms with Gasteiger partial charge in [0.05, 0.1) is 29.2 Å². The van der Waals surface area contributed by atoms with Crippen molar-refractivity contribution in [2.75, 3.05) is 5.32 Å². The highest BCUT2D eigenvalue weighted by molar-refractivity contribution is 9.11. The molecule has 2 aromatic heterocycles. The molecule has 1 N–H and O–H groups in total. The molecular weight excluding hydrogens is 444 g/mol. The highest BCUT2D eigenvalue weighted by Gasteiger charge is 2.13. The lowest BCUT2D eigenvalue weighted by atomic mass is 10.1. The first kappa shape index (κ1) is 16.5. The molecule has 4 aromatic rings. The molecule has 0 aliphatic heterocycles. The fraction of sp³-hybridized carbons (Fsp3) is 0.158. The molecule has 4 nitrogen and oxygen atoms in total. The lowest BCUT2D eigenvalue weighted by Gasteiger charge is -2.14. The molecule has 0 atom stereocenters. The second kappa shape index (κ2) is 6.77. The largest absolute Gasteiger partial charge is 0.337 e. The third-order valence-corrected chi connectivity index (χ3v) is 5.39. The van der Waals surface area contributed by atoms with E-state index in [0.29, 0.717) is 0 Å². The summed E-state index contributed by atoms with van der Waals surface area (Å²) in [7, 11) is 0. The zero-order valence-electron chi connectivity index (χ0n) is 13.6. The lowest BCUT2D eigenvalue weighted by molar-refractivity contribution is 0.920. The molecule has 0 unspecified atom stereocenters. The van der Waals surface area contributed by atoms with Crippen molar-refractivity contribution in [2.45, 2.75) is 19.8 Å². The molecule has 0 spiro atoms. The van der Waals surface area contributed by atoms with E-state index < -0.39 is 0 Å². The number of nitrogens with one attached hydrogen (secondary N) is 1. The summed E-state index contributed by atoms with van der Waals surface area (Å²) < 4.78 is 4.08. The van der Waals surface area contributed by atoms with Crippen molar-refractivity contribution in [3.05, 3.63) is 63.4 Å². The number of rotatable bonds is 4. The van der Waals surface area contributed by atoms with Crippen LogP contribution in [0.5, 0.6) is 0 Å². The minimum atomic E-state index is 0.779. The predicted octanol–water partition coefficient (Wildman–Crippen LogP) is 6.10. The van der Waals surface area contributed by atoms with Gasteiger partial charge >= 0.3 is 0 Å². The molecule has 4 rings (SSSR count). The van der Waals surface area contributed by atoms with Crippen molar-refractivity contribution in [2.24, 2.45) is 0 Å². The van der Waals surface area contributed by atoms with E-state index in [-0.39, 0.29) is 0 Å². The molecule has 6 heteroatoms. The number of hydrogen-bond donors (Lipinski definition) is 1. The first-order valence-corrected chi connectivity index (χ1v) is 9.71. The maximum atomic E-state index is 4.80. The second-order valence-electron chi connectivity index (χ2n) is 5.91. The molecule has 0 saturated heterocycles. The number of benzene rings is 2. The predicted molar refractivity (Wildman–Crippen MR) is 110 cm³/mol. The Kier molecular flexibility index (Phi) is 4.48. The molecule has 0 radical (unpaired) electrons. The Balaban J connectivity index is 1.84. The highest BCUT2D eigenvalue weighted by atomic mass is 79.9. The number of aryl methyl sites for hydroxylation is 1. The molecule has 2 heterocycles. The highest BCUT2D eigenvalue weighted by Crippen LogP contribution is 2.36. The van der Waals surface area contributed by atoms with E-state index >= 15 is 0 Å². The SMILES string of the molecule is CCCc1cc(Br)c(Nc2nc3ccccc3n3cncc23)c(Br)c1. The molecule has 0 bridgehead atoms. The molecule has 0 aliphatic rings. The maximum Gasteiger partial charge on any atom is 0.157 e. The summed E-state index contributed by atoms with van der Waals surface area (Å²) in [5.74, 6) is 0.779. The molecule has 0 fully saturated rings. The van der Waals surface area contributed by atoms with Crippen LogP contribution in [0.4, 0.5) is 11.5 Å². The first-order chi connectivity index (χ1) is 12.2. The van der Waals surface area contributed by atoms with Crippen LogP contribution >= 0.6 is 31.9 Å². The van der Waals surface area contributed by atoms with Crippen LogP contribution in [0.1, 0.15) is 18.9 Å². The standard InChI is InChI=1S/C19H16Br2N4/c1-2-5-12-8-13(20)18(14(21)9-12)24-19-17-10-22-11-25(17)16-7-4-3-6-15(16)23-19/h3-4,6-11H,2,5H2,1H3,(H,23,24). The zero-order valence-corrected chi connectivity index (χ0v) is 16.8. The number of hydrogen-bond acceptors (Lipinski definition) is 3. The van der Waals surface area contributed by atoms with Gasteiger partial charge in [0.1, 0.15) is 5.52 Å². The summed E-state index contributed by atoms with van der Waals surface area (Å²) in [6, 6.07) is 12.4. The van der Waals surface area contributed by atoms with Crippen LogP contribution < -0.4 is 5.32 Å². The van der Waals surface area contributed by atoms with Gasteiger partial charge in [0.25, 0.3) is 0 Å². The molecule has 0 aliphatic carbocycles. The van der Waals surface area contributed by atoms with Crippen LogP contribution in [-0.4, -0.2) is 14.4 Å². The summed E-state index contributed by atoms with van der Waals surface area (Å²) in [5, 5.41) is 3.47. The van der Waals surface area contributed by atoms with Crippen LogP contribution in [0.25, 0.3) is 16.6 Å². The van der Waals surface area contributed by atoms with Crippen molar-refractivity contribution in [3.8, 4) is 0 Å². The number of fused-ring (bicyclic) bond motifs is 3. The minimum Gasteiger partial charge on any atom is -0.337 e. The van der Waals surface area contributed by atoms with Crippen LogP contribution in [0.15, 0.2) is 57.9 Å². The van der Waals surface area contributed by atoms with Crippen LogP contribution in [0.3, 0.4) is 0 Å². The molecule has 2 aromatic carbocycles. The van der Waals surface area contributed by atoms with Gasteiger partial charge in [-0.05, 0) is 68.1 Å². The van der Waals surface area contributed by atoms with Gasteiger partial charge in [-0.15, -0.1) is 0 Å². The topological polar surface area (TPSA) is 42.2 Å². The van der Waals surface area contributed by atoms with Gasteiger partial charge in [0, 0.05) is 8.95 Å². The van der Waals surface area contributed by atoms with Gasteiger partial charge in [0.15, 0.2) is 5.82 Å². The quantitative estimate of drug-likeness (QED) is 0.400. The number of anilines is 2. The van der Waals surface area contributed by atoms with E-state index in [1.54, 1.807) is 0 Å². The molecule has 25 heavy (non-hydrogen) atoms. The lowest BCUT2D eigenvalue weighted by Crippen LogP contribution is -2.01. The van der Waals surface area contributed by atoms with Crippen molar-refractivity contribution < 1.29 is 0 Å². The van der Waals surface area contributed by atoms with E-state index in [0.717, 1.165) is 49.8 Å². The summed E-state index contributed by atoms with van der Waals surface area (Å²) in [4.78, 5) is 9.09. The van der Waals surface area contributed by atoms with E-state index in [1.807, 2.05) is 36.8 Å². The smallest absolute Gasteiger partial charge is 0.157 e. The van der Waals surface area contributed by atoms with E-state index in [4.69, 9.17) is 4.98 Å². The Hall–Kier alpha value is -1.92. The molecular formula is C19H16Br2N4. The van der Waals surface area contributed by atoms with Gasteiger partial charge < -0.3 is 5.32 Å². The zero-order chi connectivity index (χ0) is 17.4. The Morgan fingerprint density at radius 3 is 2.60 bits per heavy atom. The van der Waals surface area contributed by atoms with Gasteiger partial charge in [-0.3, -0.25) is 4.40 Å². The van der Waals surface area contributed by atoms with Crippen molar-refractivity contribution in [3.63, 3.8) is 0 Å². The fourth-order valence-corrected chi connectivity index (χ4v) is 4.47. The fourth-order valence-electron chi connectivity index (χ4n) is 2.99. The van der Waals surface area contributed by atoms with Crippen LogP contribution in [-0.2, 0) is 6.42 Å². The third kappa shape index (κ3) is 3.04. The van der Waals surface area contributed by atoms with Gasteiger partial charge in [-0.2, -0.15) is 0 Å². The van der Waals surface area contributed by atoms with Crippen LogP contribution in [0.2, 0.25) is 0 Å². The number of aromatic nitrogens is 3. The molecule has 0 amide bonds. The third-order valence-electron chi connectivity index (χ3n) is 4.14. The second-order valence-corrected chi connectivity index (χ2v) is 7.62. The number of nitrogens with zero attached hydrogens (tertiary/aromatic N) is 3. The minimum absolute atomic E-state index is 0.779. The van der Waals surface area contributed by atoms with Crippen molar-refractivity contribution >= 4 is 59.9 Å². The number of para-hydroxylation sites is 2. The molecule has 0 saturated carbocycles. The summed E-state index contributed by atoms with van der Waals surface area (Å²) >= 11 is 7.37. The average molecular weight is 460 g/mol. The summed E-state index contributed by atoms with van der Waals surface area (Å²) in [6.07, 6.45) is 5.82. The summed E-state index contributed by atoms with van der Waals surface area (Å²) in [6.45, 7) is 2.18. The first-order valence-electron chi connectivity index (χ1n) is 8.13. The van der Waals surface area contributed by atoms with E-state index in [9.17, 15) is 0 Å².